The summed E-state index contributed by atoms with van der Waals surface area (Å²) in [4.78, 5) is 12.2. The van der Waals surface area contributed by atoms with E-state index in [2.05, 4.69) is 5.32 Å². The number of hydrogen-bond donors (Lipinski definition) is 2. The summed E-state index contributed by atoms with van der Waals surface area (Å²) in [5, 5.41) is 8.43. The van der Waals surface area contributed by atoms with Crippen molar-refractivity contribution in [2.45, 2.75) is 24.0 Å². The van der Waals surface area contributed by atoms with Gasteiger partial charge in [0.25, 0.3) is 5.91 Å². The third-order valence-corrected chi connectivity index (χ3v) is 4.83. The molecule has 24 heavy (non-hydrogen) atoms. The second kappa shape index (κ2) is 6.43. The Morgan fingerprint density at radius 3 is 2.83 bits per heavy atom. The second-order valence-corrected chi connectivity index (χ2v) is 7.47. The van der Waals surface area contributed by atoms with Crippen LogP contribution in [0.2, 0.25) is 5.02 Å². The summed E-state index contributed by atoms with van der Waals surface area (Å²) in [6, 6.07) is 11.3. The Morgan fingerprint density at radius 2 is 2.08 bits per heavy atom. The summed E-state index contributed by atoms with van der Waals surface area (Å²) >= 11 is 5.93. The van der Waals surface area contributed by atoms with Crippen LogP contribution < -0.4 is 15.2 Å². The fourth-order valence-corrected chi connectivity index (χ4v) is 3.28. The molecule has 3 rings (SSSR count). The molecule has 0 bridgehead atoms. The molecule has 0 aliphatic carbocycles. The van der Waals surface area contributed by atoms with Gasteiger partial charge in [-0.05, 0) is 41.5 Å². The van der Waals surface area contributed by atoms with Gasteiger partial charge in [0.05, 0.1) is 4.90 Å². The highest BCUT2D eigenvalue weighted by molar-refractivity contribution is 7.89. The first-order chi connectivity index (χ1) is 11.3. The first-order valence-corrected chi connectivity index (χ1v) is 9.10. The van der Waals surface area contributed by atoms with Crippen LogP contribution in [-0.4, -0.2) is 20.4 Å². The Kier molecular flexibility index (Phi) is 4.49. The lowest BCUT2D eigenvalue weighted by Gasteiger charge is -2.11. The third-order valence-electron chi connectivity index (χ3n) is 3.68. The van der Waals surface area contributed by atoms with Crippen LogP contribution in [0.15, 0.2) is 47.4 Å². The van der Waals surface area contributed by atoms with Crippen molar-refractivity contribution in [1.29, 1.82) is 0 Å². The van der Waals surface area contributed by atoms with Crippen LogP contribution in [0.25, 0.3) is 0 Å². The summed E-state index contributed by atoms with van der Waals surface area (Å²) in [6.45, 7) is 0.180. The third kappa shape index (κ3) is 3.69. The van der Waals surface area contributed by atoms with Crippen molar-refractivity contribution >= 4 is 27.5 Å². The molecule has 0 radical (unpaired) electrons. The maximum atomic E-state index is 12.2. The summed E-state index contributed by atoms with van der Waals surface area (Å²) in [7, 11) is -3.77. The van der Waals surface area contributed by atoms with Crippen molar-refractivity contribution in [3.63, 3.8) is 0 Å². The minimum atomic E-state index is -3.77. The van der Waals surface area contributed by atoms with Crippen molar-refractivity contribution in [1.82, 2.24) is 5.32 Å². The number of halogens is 1. The van der Waals surface area contributed by atoms with Crippen LogP contribution >= 0.6 is 11.6 Å². The van der Waals surface area contributed by atoms with Gasteiger partial charge in [-0.1, -0.05) is 23.7 Å². The number of nitrogens with one attached hydrogen (secondary N) is 1. The average Bonchev–Trinajstić information content (AvgIpc) is 2.95. The van der Waals surface area contributed by atoms with E-state index < -0.39 is 16.1 Å². The van der Waals surface area contributed by atoms with Gasteiger partial charge in [0.2, 0.25) is 10.0 Å². The number of sulfonamides is 1. The molecular formula is C16H15ClN2O4S. The second-order valence-electron chi connectivity index (χ2n) is 5.47. The summed E-state index contributed by atoms with van der Waals surface area (Å²) in [6.07, 6.45) is -0.182. The highest BCUT2D eigenvalue weighted by Crippen LogP contribution is 2.31. The molecule has 2 aromatic carbocycles. The van der Waals surface area contributed by atoms with Crippen LogP contribution in [0.5, 0.6) is 5.75 Å². The normalized spacial score (nSPS) is 16.3. The summed E-state index contributed by atoms with van der Waals surface area (Å²) in [5.74, 6) is 0.374. The number of fused-ring (bicyclic) bond motifs is 1. The Labute approximate surface area is 144 Å². The van der Waals surface area contributed by atoms with E-state index in [0.717, 1.165) is 5.56 Å². The average molecular weight is 367 g/mol. The van der Waals surface area contributed by atoms with E-state index in [1.165, 1.54) is 12.1 Å². The van der Waals surface area contributed by atoms with Crippen molar-refractivity contribution in [3.05, 3.63) is 58.6 Å². The standard InChI is InChI=1S/C16H15ClN2O4S/c17-12-4-5-14-11(7-12)8-15(23-14)16(20)19-9-10-2-1-3-13(6-10)24(18,21)22/h1-7,15H,8-9H2,(H,19,20)(H2,18,21,22). The minimum Gasteiger partial charge on any atom is -0.480 e. The Balaban J connectivity index is 1.63. The lowest BCUT2D eigenvalue weighted by Crippen LogP contribution is -2.37. The van der Waals surface area contributed by atoms with E-state index in [0.29, 0.717) is 22.8 Å². The maximum absolute atomic E-state index is 12.2. The smallest absolute Gasteiger partial charge is 0.261 e. The number of ether oxygens (including phenoxy) is 1. The highest BCUT2D eigenvalue weighted by atomic mass is 35.5. The van der Waals surface area contributed by atoms with Gasteiger partial charge in [-0.25, -0.2) is 13.6 Å². The first-order valence-electron chi connectivity index (χ1n) is 7.17. The molecule has 1 heterocycles. The molecule has 0 spiro atoms. The van der Waals surface area contributed by atoms with Gasteiger partial charge in [-0.3, -0.25) is 4.79 Å². The maximum Gasteiger partial charge on any atom is 0.261 e. The number of rotatable bonds is 4. The van der Waals surface area contributed by atoms with E-state index in [-0.39, 0.29) is 17.3 Å². The number of carbonyl (C=O) groups is 1. The van der Waals surface area contributed by atoms with Crippen LogP contribution in [0.3, 0.4) is 0 Å². The number of amides is 1. The number of nitrogens with two attached hydrogens (primary N) is 1. The molecule has 0 saturated carbocycles. The van der Waals surface area contributed by atoms with Crippen molar-refractivity contribution in [2.75, 3.05) is 0 Å². The number of benzene rings is 2. The molecule has 126 valence electrons. The quantitative estimate of drug-likeness (QED) is 0.858. The van der Waals surface area contributed by atoms with E-state index >= 15 is 0 Å². The molecule has 1 unspecified atom stereocenters. The largest absolute Gasteiger partial charge is 0.480 e. The number of primary sulfonamides is 1. The van der Waals surface area contributed by atoms with Gasteiger partial charge in [-0.15, -0.1) is 0 Å². The molecule has 3 N–H and O–H groups in total. The fraction of sp³-hybridized carbons (Fsp3) is 0.188. The van der Waals surface area contributed by atoms with Crippen LogP contribution in [0, 0.1) is 0 Å². The molecule has 1 aliphatic rings. The summed E-state index contributed by atoms with van der Waals surface area (Å²) < 4.78 is 28.3. The van der Waals surface area contributed by atoms with E-state index in [1.54, 1.807) is 30.3 Å². The SMILES string of the molecule is NS(=O)(=O)c1cccc(CNC(=O)C2Cc3cc(Cl)ccc3O2)c1. The van der Waals surface area contributed by atoms with Crippen LogP contribution in [-0.2, 0) is 27.8 Å². The van der Waals surface area contributed by atoms with E-state index in [1.807, 2.05) is 0 Å². The molecule has 2 aromatic rings. The molecule has 6 nitrogen and oxygen atoms in total. The zero-order chi connectivity index (χ0) is 17.3. The van der Waals surface area contributed by atoms with Crippen molar-refractivity contribution < 1.29 is 17.9 Å². The van der Waals surface area contributed by atoms with Gasteiger partial charge in [0, 0.05) is 18.0 Å². The topological polar surface area (TPSA) is 98.5 Å². The first kappa shape index (κ1) is 16.8. The van der Waals surface area contributed by atoms with E-state index in [4.69, 9.17) is 21.5 Å². The predicted octanol–water partition coefficient (Wildman–Crippen LogP) is 1.61. The molecule has 1 atom stereocenters. The zero-order valence-corrected chi connectivity index (χ0v) is 14.1. The van der Waals surface area contributed by atoms with Gasteiger partial charge < -0.3 is 10.1 Å². The van der Waals surface area contributed by atoms with Gasteiger partial charge in [-0.2, -0.15) is 0 Å². The van der Waals surface area contributed by atoms with Crippen LogP contribution in [0.1, 0.15) is 11.1 Å². The monoisotopic (exact) mass is 366 g/mol. The Bertz CT molecular complexity index is 899. The van der Waals surface area contributed by atoms with Crippen LogP contribution in [0.4, 0.5) is 0 Å². The van der Waals surface area contributed by atoms with Gasteiger partial charge in [0.1, 0.15) is 5.75 Å². The van der Waals surface area contributed by atoms with E-state index in [9.17, 15) is 13.2 Å². The van der Waals surface area contributed by atoms with Crippen molar-refractivity contribution in [2.24, 2.45) is 5.14 Å². The summed E-state index contributed by atoms with van der Waals surface area (Å²) in [5.41, 5.74) is 1.52. The van der Waals surface area contributed by atoms with Gasteiger partial charge >= 0.3 is 0 Å². The Hall–Kier alpha value is -2.09. The molecule has 0 fully saturated rings. The number of hydrogen-bond acceptors (Lipinski definition) is 4. The molecule has 1 aliphatic heterocycles. The molecule has 0 saturated heterocycles. The lowest BCUT2D eigenvalue weighted by atomic mass is 10.1. The highest BCUT2D eigenvalue weighted by Gasteiger charge is 2.29. The molecule has 0 aromatic heterocycles. The molecule has 1 amide bonds. The van der Waals surface area contributed by atoms with Gasteiger partial charge in [0.15, 0.2) is 6.10 Å². The molecule has 8 heteroatoms. The zero-order valence-electron chi connectivity index (χ0n) is 12.5. The lowest BCUT2D eigenvalue weighted by molar-refractivity contribution is -0.127. The number of carbonyl (C=O) groups excluding carboxylic acids is 1. The predicted molar refractivity (Wildman–Crippen MR) is 89.2 cm³/mol. The van der Waals surface area contributed by atoms with Crippen molar-refractivity contribution in [3.8, 4) is 5.75 Å². The Morgan fingerprint density at radius 1 is 1.29 bits per heavy atom. The molecular weight excluding hydrogens is 352 g/mol. The minimum absolute atomic E-state index is 0.00779. The fourth-order valence-electron chi connectivity index (χ4n) is 2.50.